The molecule has 3 rings (SSSR count). The molecule has 1 aromatic heterocycles. The lowest BCUT2D eigenvalue weighted by Crippen LogP contribution is -2.15. The van der Waals surface area contributed by atoms with Gasteiger partial charge in [0, 0.05) is 18.1 Å². The number of carboxylic acids is 1. The summed E-state index contributed by atoms with van der Waals surface area (Å²) >= 11 is 0. The van der Waals surface area contributed by atoms with Crippen molar-refractivity contribution in [3.05, 3.63) is 46.1 Å². The van der Waals surface area contributed by atoms with Crippen LogP contribution in [-0.2, 0) is 4.79 Å². The Morgan fingerprint density at radius 1 is 1.03 bits per heavy atom. The number of ketones is 1. The third-order valence-electron chi connectivity index (χ3n) is 4.42. The highest BCUT2D eigenvalue weighted by Gasteiger charge is 2.27. The molecule has 5 N–H and O–H groups in total. The molecule has 9 nitrogen and oxygen atoms in total. The SMILES string of the molecule is C[C@H](CC(=O)c1c(O)cc(O)c2c(=O)c(O)c(-c3ccc(O)cc3)oc12)C(=O)O. The number of fused-ring (bicyclic) bond motifs is 1. The van der Waals surface area contributed by atoms with E-state index in [1.165, 1.54) is 31.2 Å². The van der Waals surface area contributed by atoms with Crippen LogP contribution in [0.4, 0.5) is 0 Å². The molecule has 3 aromatic rings. The molecule has 0 aliphatic carbocycles. The number of carbonyl (C=O) groups excluding carboxylic acids is 1. The number of aliphatic carboxylic acids is 1. The largest absolute Gasteiger partial charge is 0.508 e. The maximum atomic E-state index is 12.6. The van der Waals surface area contributed by atoms with E-state index >= 15 is 0 Å². The molecule has 0 unspecified atom stereocenters. The first kappa shape index (κ1) is 19.7. The fraction of sp³-hybridized carbons (Fsp3) is 0.150. The van der Waals surface area contributed by atoms with E-state index in [4.69, 9.17) is 9.52 Å². The van der Waals surface area contributed by atoms with Crippen LogP contribution in [-0.4, -0.2) is 37.3 Å². The van der Waals surface area contributed by atoms with Crippen molar-refractivity contribution < 1.29 is 39.5 Å². The molecule has 0 aliphatic rings. The molecular formula is C20H16O9. The summed E-state index contributed by atoms with van der Waals surface area (Å²) in [5, 5.41) is 48.4. The van der Waals surface area contributed by atoms with Gasteiger partial charge in [0.05, 0.1) is 5.92 Å². The fourth-order valence-electron chi connectivity index (χ4n) is 2.87. The van der Waals surface area contributed by atoms with Crippen LogP contribution in [0.1, 0.15) is 23.7 Å². The van der Waals surface area contributed by atoms with Gasteiger partial charge in [-0.2, -0.15) is 0 Å². The van der Waals surface area contributed by atoms with Gasteiger partial charge in [0.1, 0.15) is 28.2 Å². The number of hydrogen-bond acceptors (Lipinski definition) is 8. The van der Waals surface area contributed by atoms with Crippen molar-refractivity contribution in [3.8, 4) is 34.3 Å². The van der Waals surface area contributed by atoms with Gasteiger partial charge in [-0.15, -0.1) is 0 Å². The third-order valence-corrected chi connectivity index (χ3v) is 4.42. The van der Waals surface area contributed by atoms with E-state index in [1.807, 2.05) is 0 Å². The molecule has 0 bridgehead atoms. The zero-order valence-electron chi connectivity index (χ0n) is 15.0. The van der Waals surface area contributed by atoms with Crippen LogP contribution >= 0.6 is 0 Å². The van der Waals surface area contributed by atoms with Crippen LogP contribution in [0.2, 0.25) is 0 Å². The van der Waals surface area contributed by atoms with Crippen LogP contribution in [0.5, 0.6) is 23.0 Å². The standard InChI is InChI=1S/C20H16O9/c1-8(20(27)28)6-11(22)14-12(23)7-13(24)15-16(25)17(26)18(29-19(14)15)9-2-4-10(21)5-3-9/h2-5,7-8,21,23-24,26H,6H2,1H3,(H,27,28)/t8-/m1/s1. The molecule has 0 saturated carbocycles. The molecule has 29 heavy (non-hydrogen) atoms. The number of carboxylic acid groups (broad SMARTS) is 1. The van der Waals surface area contributed by atoms with E-state index in [0.29, 0.717) is 0 Å². The summed E-state index contributed by atoms with van der Waals surface area (Å²) in [5.41, 5.74) is -1.84. The predicted octanol–water partition coefficient (Wildman–Crippen LogP) is 2.58. The van der Waals surface area contributed by atoms with Gasteiger partial charge >= 0.3 is 5.97 Å². The second kappa shape index (κ2) is 7.19. The van der Waals surface area contributed by atoms with E-state index in [-0.39, 0.29) is 17.1 Å². The molecule has 1 heterocycles. The Balaban J connectivity index is 2.32. The topological polar surface area (TPSA) is 165 Å². The normalized spacial score (nSPS) is 12.0. The third kappa shape index (κ3) is 3.45. The van der Waals surface area contributed by atoms with Gasteiger partial charge in [-0.1, -0.05) is 6.92 Å². The first-order chi connectivity index (χ1) is 13.6. The molecule has 9 heteroatoms. The van der Waals surface area contributed by atoms with E-state index in [2.05, 4.69) is 0 Å². The molecule has 150 valence electrons. The van der Waals surface area contributed by atoms with Gasteiger partial charge in [0.15, 0.2) is 17.1 Å². The molecule has 2 aromatic carbocycles. The summed E-state index contributed by atoms with van der Waals surface area (Å²) in [6, 6.07) is 5.99. The number of rotatable bonds is 5. The Morgan fingerprint density at radius 2 is 1.66 bits per heavy atom. The van der Waals surface area contributed by atoms with Crippen LogP contribution < -0.4 is 5.43 Å². The molecule has 0 amide bonds. The summed E-state index contributed by atoms with van der Waals surface area (Å²) < 4.78 is 5.54. The quantitative estimate of drug-likeness (QED) is 0.405. The Kier molecular flexibility index (Phi) is 4.90. The second-order valence-electron chi connectivity index (χ2n) is 6.52. The van der Waals surface area contributed by atoms with E-state index < -0.39 is 63.3 Å². The van der Waals surface area contributed by atoms with Crippen molar-refractivity contribution in [1.82, 2.24) is 0 Å². The number of aromatic hydroxyl groups is 4. The minimum Gasteiger partial charge on any atom is -0.508 e. The molecular weight excluding hydrogens is 384 g/mol. The van der Waals surface area contributed by atoms with Gasteiger partial charge in [-0.05, 0) is 24.3 Å². The molecule has 1 atom stereocenters. The lowest BCUT2D eigenvalue weighted by atomic mass is 9.96. The first-order valence-electron chi connectivity index (χ1n) is 8.42. The predicted molar refractivity (Wildman–Crippen MR) is 100 cm³/mol. The van der Waals surface area contributed by atoms with Crippen molar-refractivity contribution >= 4 is 22.7 Å². The van der Waals surface area contributed by atoms with E-state index in [0.717, 1.165) is 6.07 Å². The molecule has 0 aliphatic heterocycles. The molecule has 0 fully saturated rings. The number of phenolic OH excluding ortho intramolecular Hbond substituents is 3. The smallest absolute Gasteiger partial charge is 0.306 e. The van der Waals surface area contributed by atoms with Gasteiger partial charge in [-0.3, -0.25) is 14.4 Å². The fourth-order valence-corrected chi connectivity index (χ4v) is 2.87. The zero-order valence-corrected chi connectivity index (χ0v) is 15.0. The van der Waals surface area contributed by atoms with Gasteiger partial charge in [0.25, 0.3) is 0 Å². The van der Waals surface area contributed by atoms with Crippen LogP contribution in [0.15, 0.2) is 39.5 Å². The van der Waals surface area contributed by atoms with Gasteiger partial charge in [0.2, 0.25) is 11.2 Å². The van der Waals surface area contributed by atoms with Crippen molar-refractivity contribution in [2.24, 2.45) is 5.92 Å². The van der Waals surface area contributed by atoms with Crippen molar-refractivity contribution in [2.75, 3.05) is 0 Å². The highest BCUT2D eigenvalue weighted by atomic mass is 16.4. The van der Waals surface area contributed by atoms with Crippen LogP contribution in [0, 0.1) is 5.92 Å². The Labute approximate surface area is 162 Å². The Morgan fingerprint density at radius 3 is 2.24 bits per heavy atom. The zero-order chi connectivity index (χ0) is 21.5. The highest BCUT2D eigenvalue weighted by Crippen LogP contribution is 2.39. The second-order valence-corrected chi connectivity index (χ2v) is 6.52. The highest BCUT2D eigenvalue weighted by molar-refractivity contribution is 6.10. The number of carbonyl (C=O) groups is 2. The number of phenols is 3. The van der Waals surface area contributed by atoms with Crippen LogP contribution in [0.3, 0.4) is 0 Å². The summed E-state index contributed by atoms with van der Waals surface area (Å²) in [7, 11) is 0. The maximum Gasteiger partial charge on any atom is 0.306 e. The Bertz CT molecular complexity index is 1190. The summed E-state index contributed by atoms with van der Waals surface area (Å²) in [5.74, 6) is -5.84. The minimum atomic E-state index is -1.23. The molecule has 0 radical (unpaired) electrons. The summed E-state index contributed by atoms with van der Waals surface area (Å²) in [6.45, 7) is 1.30. The summed E-state index contributed by atoms with van der Waals surface area (Å²) in [6.07, 6.45) is -0.498. The van der Waals surface area contributed by atoms with E-state index in [9.17, 15) is 34.8 Å². The molecule has 0 spiro atoms. The van der Waals surface area contributed by atoms with Gasteiger partial charge < -0.3 is 29.9 Å². The first-order valence-corrected chi connectivity index (χ1v) is 8.42. The summed E-state index contributed by atoms with van der Waals surface area (Å²) in [4.78, 5) is 36.3. The maximum absolute atomic E-state index is 12.6. The Hall–Kier alpha value is -4.01. The average molecular weight is 400 g/mol. The number of benzene rings is 2. The minimum absolute atomic E-state index is 0.0785. The monoisotopic (exact) mass is 400 g/mol. The van der Waals surface area contributed by atoms with Crippen molar-refractivity contribution in [3.63, 3.8) is 0 Å². The van der Waals surface area contributed by atoms with Crippen molar-refractivity contribution in [1.29, 1.82) is 0 Å². The molecule has 0 saturated heterocycles. The lowest BCUT2D eigenvalue weighted by molar-refractivity contribution is -0.141. The number of hydrogen-bond donors (Lipinski definition) is 5. The van der Waals surface area contributed by atoms with Gasteiger partial charge in [-0.25, -0.2) is 0 Å². The number of Topliss-reactive ketones (excluding diaryl/α,β-unsaturated/α-hetero) is 1. The lowest BCUT2D eigenvalue weighted by Gasteiger charge is -2.12. The van der Waals surface area contributed by atoms with E-state index in [1.54, 1.807) is 0 Å². The van der Waals surface area contributed by atoms with Crippen molar-refractivity contribution in [2.45, 2.75) is 13.3 Å². The van der Waals surface area contributed by atoms with Crippen LogP contribution in [0.25, 0.3) is 22.3 Å². The average Bonchev–Trinajstić information content (AvgIpc) is 2.64.